The lowest BCUT2D eigenvalue weighted by atomic mass is 10.1. The number of nitrogens with one attached hydrogen (secondary N) is 1. The van der Waals surface area contributed by atoms with E-state index in [4.69, 9.17) is 23.2 Å². The van der Waals surface area contributed by atoms with Gasteiger partial charge >= 0.3 is 0 Å². The van der Waals surface area contributed by atoms with E-state index >= 15 is 0 Å². The zero-order chi connectivity index (χ0) is 23.3. The van der Waals surface area contributed by atoms with Crippen molar-refractivity contribution in [2.75, 3.05) is 12.3 Å². The molecule has 0 saturated carbocycles. The normalized spacial score (nSPS) is 11.8. The van der Waals surface area contributed by atoms with E-state index < -0.39 is 6.04 Å². The smallest absolute Gasteiger partial charge is 0.242 e. The first-order valence-electron chi connectivity index (χ1n) is 11.1. The van der Waals surface area contributed by atoms with Gasteiger partial charge in [-0.2, -0.15) is 11.8 Å². The Balaban J connectivity index is 2.08. The molecule has 1 atom stereocenters. The molecule has 174 valence electrons. The number of hydrogen-bond donors (Lipinski definition) is 1. The number of benzene rings is 2. The van der Waals surface area contributed by atoms with Crippen molar-refractivity contribution < 1.29 is 9.59 Å². The number of carbonyl (C=O) groups is 2. The highest BCUT2D eigenvalue weighted by Gasteiger charge is 2.28. The molecule has 0 unspecified atom stereocenters. The number of rotatable bonds is 13. The first-order valence-corrected chi connectivity index (χ1v) is 13.0. The maximum Gasteiger partial charge on any atom is 0.242 e. The number of halogens is 2. The molecule has 32 heavy (non-hydrogen) atoms. The number of carbonyl (C=O) groups excluding carboxylic acids is 2. The average molecular weight is 496 g/mol. The van der Waals surface area contributed by atoms with Crippen LogP contribution in [0, 0.1) is 0 Å². The van der Waals surface area contributed by atoms with Crippen LogP contribution in [0.3, 0.4) is 0 Å². The Hall–Kier alpha value is -1.69. The number of hydrogen-bond acceptors (Lipinski definition) is 3. The predicted octanol–water partition coefficient (Wildman–Crippen LogP) is 6.34. The standard InChI is InChI=1S/C25H32Cl2N2O2S/c1-3-5-14-28-25(31)23(4-2)29(17-20-11-12-21(26)16-22(20)27)24(30)13-15-32-18-19-9-7-6-8-10-19/h6-12,16,23H,3-5,13-15,17-18H2,1-2H3,(H,28,31)/t23-/m0/s1. The second-order valence-electron chi connectivity index (χ2n) is 7.61. The predicted molar refractivity (Wildman–Crippen MR) is 136 cm³/mol. The Morgan fingerprint density at radius 1 is 1.09 bits per heavy atom. The SMILES string of the molecule is CCCCNC(=O)[C@H](CC)N(Cc1ccc(Cl)cc1Cl)C(=O)CCSCc1ccccc1. The number of amides is 2. The zero-order valence-corrected chi connectivity index (χ0v) is 21.1. The van der Waals surface area contributed by atoms with E-state index in [1.165, 1.54) is 5.56 Å². The van der Waals surface area contributed by atoms with Crippen molar-refractivity contribution in [3.05, 3.63) is 69.7 Å². The first kappa shape index (κ1) is 26.6. The van der Waals surface area contributed by atoms with Gasteiger partial charge in [-0.3, -0.25) is 9.59 Å². The van der Waals surface area contributed by atoms with Crippen molar-refractivity contribution in [2.45, 2.75) is 57.9 Å². The summed E-state index contributed by atoms with van der Waals surface area (Å²) in [5.74, 6) is 1.38. The molecule has 2 amide bonds. The fraction of sp³-hybridized carbons (Fsp3) is 0.440. The highest BCUT2D eigenvalue weighted by Crippen LogP contribution is 2.24. The van der Waals surface area contributed by atoms with Gasteiger partial charge in [0, 0.05) is 41.1 Å². The molecule has 1 N–H and O–H groups in total. The van der Waals surface area contributed by atoms with Crippen molar-refractivity contribution >= 4 is 46.8 Å². The molecule has 0 saturated heterocycles. The summed E-state index contributed by atoms with van der Waals surface area (Å²) in [7, 11) is 0. The van der Waals surface area contributed by atoms with E-state index in [0.717, 1.165) is 24.2 Å². The van der Waals surface area contributed by atoms with Crippen LogP contribution < -0.4 is 5.32 Å². The summed E-state index contributed by atoms with van der Waals surface area (Å²) in [4.78, 5) is 27.8. The van der Waals surface area contributed by atoms with Crippen LogP contribution >= 0.6 is 35.0 Å². The van der Waals surface area contributed by atoms with Gasteiger partial charge in [-0.25, -0.2) is 0 Å². The summed E-state index contributed by atoms with van der Waals surface area (Å²) < 4.78 is 0. The summed E-state index contributed by atoms with van der Waals surface area (Å²) in [6, 6.07) is 14.9. The fourth-order valence-electron chi connectivity index (χ4n) is 3.33. The Kier molecular flexibility index (Phi) is 12.0. The third kappa shape index (κ3) is 8.68. The minimum atomic E-state index is -0.537. The molecule has 4 nitrogen and oxygen atoms in total. The maximum atomic E-state index is 13.2. The van der Waals surface area contributed by atoms with E-state index in [-0.39, 0.29) is 18.4 Å². The lowest BCUT2D eigenvalue weighted by Gasteiger charge is -2.31. The molecule has 7 heteroatoms. The van der Waals surface area contributed by atoms with E-state index in [9.17, 15) is 9.59 Å². The average Bonchev–Trinajstić information content (AvgIpc) is 2.78. The highest BCUT2D eigenvalue weighted by atomic mass is 35.5. The summed E-state index contributed by atoms with van der Waals surface area (Å²) >= 11 is 14.1. The first-order chi connectivity index (χ1) is 15.5. The zero-order valence-electron chi connectivity index (χ0n) is 18.8. The minimum Gasteiger partial charge on any atom is -0.354 e. The van der Waals surface area contributed by atoms with Crippen molar-refractivity contribution in [1.82, 2.24) is 10.2 Å². The minimum absolute atomic E-state index is 0.0472. The van der Waals surface area contributed by atoms with E-state index in [1.54, 1.807) is 28.8 Å². The van der Waals surface area contributed by atoms with Crippen LogP contribution in [0.1, 0.15) is 50.7 Å². The molecule has 0 aromatic heterocycles. The van der Waals surface area contributed by atoms with Gasteiger partial charge in [0.05, 0.1) is 0 Å². The second-order valence-corrected chi connectivity index (χ2v) is 9.56. The molecule has 2 aromatic carbocycles. The Labute approximate surface area is 206 Å². The largest absolute Gasteiger partial charge is 0.354 e. The Morgan fingerprint density at radius 2 is 1.84 bits per heavy atom. The van der Waals surface area contributed by atoms with Gasteiger partial charge in [0.1, 0.15) is 6.04 Å². The van der Waals surface area contributed by atoms with Gasteiger partial charge in [-0.1, -0.05) is 79.9 Å². The van der Waals surface area contributed by atoms with Crippen LogP contribution in [-0.4, -0.2) is 35.1 Å². The van der Waals surface area contributed by atoms with E-state index in [0.29, 0.717) is 35.2 Å². The maximum absolute atomic E-state index is 13.2. The lowest BCUT2D eigenvalue weighted by Crippen LogP contribution is -2.49. The molecule has 2 aromatic rings. The van der Waals surface area contributed by atoms with Gasteiger partial charge in [-0.15, -0.1) is 0 Å². The number of nitrogens with zero attached hydrogens (tertiary/aromatic N) is 1. The van der Waals surface area contributed by atoms with E-state index in [2.05, 4.69) is 24.4 Å². The molecule has 0 bridgehead atoms. The summed E-state index contributed by atoms with van der Waals surface area (Å²) in [5.41, 5.74) is 2.01. The van der Waals surface area contributed by atoms with Gasteiger partial charge in [-0.05, 0) is 36.1 Å². The molecule has 0 radical (unpaired) electrons. The molecule has 0 fully saturated rings. The molecule has 0 heterocycles. The summed E-state index contributed by atoms with van der Waals surface area (Å²) in [6.45, 7) is 4.90. The quantitative estimate of drug-likeness (QED) is 0.330. The Morgan fingerprint density at radius 3 is 2.50 bits per heavy atom. The fourth-order valence-corrected chi connectivity index (χ4v) is 4.69. The van der Waals surface area contributed by atoms with E-state index in [1.807, 2.05) is 31.2 Å². The van der Waals surface area contributed by atoms with Gasteiger partial charge < -0.3 is 10.2 Å². The number of thioether (sulfide) groups is 1. The summed E-state index contributed by atoms with van der Waals surface area (Å²) in [6.07, 6.45) is 2.81. The molecule has 0 aliphatic rings. The van der Waals surface area contributed by atoms with Crippen LogP contribution in [-0.2, 0) is 21.9 Å². The third-order valence-corrected chi connectivity index (χ3v) is 6.76. The van der Waals surface area contributed by atoms with Crippen LogP contribution in [0.25, 0.3) is 0 Å². The van der Waals surface area contributed by atoms with Crippen molar-refractivity contribution in [3.63, 3.8) is 0 Å². The van der Waals surface area contributed by atoms with Gasteiger partial charge in [0.25, 0.3) is 0 Å². The molecule has 0 spiro atoms. The van der Waals surface area contributed by atoms with Crippen molar-refractivity contribution in [2.24, 2.45) is 0 Å². The number of unbranched alkanes of at least 4 members (excludes halogenated alkanes) is 1. The highest BCUT2D eigenvalue weighted by molar-refractivity contribution is 7.98. The monoisotopic (exact) mass is 494 g/mol. The molecule has 2 rings (SSSR count). The van der Waals surface area contributed by atoms with Crippen LogP contribution in [0.2, 0.25) is 10.0 Å². The van der Waals surface area contributed by atoms with Crippen molar-refractivity contribution in [1.29, 1.82) is 0 Å². The van der Waals surface area contributed by atoms with Gasteiger partial charge in [0.2, 0.25) is 11.8 Å². The molecular formula is C25H32Cl2N2O2S. The van der Waals surface area contributed by atoms with Crippen LogP contribution in [0.15, 0.2) is 48.5 Å². The van der Waals surface area contributed by atoms with Crippen LogP contribution in [0.5, 0.6) is 0 Å². The Bertz CT molecular complexity index is 864. The van der Waals surface area contributed by atoms with Crippen LogP contribution in [0.4, 0.5) is 0 Å². The topological polar surface area (TPSA) is 49.4 Å². The summed E-state index contributed by atoms with van der Waals surface area (Å²) in [5, 5.41) is 4.01. The molecule has 0 aliphatic heterocycles. The van der Waals surface area contributed by atoms with Gasteiger partial charge in [0.15, 0.2) is 0 Å². The van der Waals surface area contributed by atoms with Crippen molar-refractivity contribution in [3.8, 4) is 0 Å². The molecular weight excluding hydrogens is 463 g/mol. The molecule has 0 aliphatic carbocycles. The second kappa shape index (κ2) is 14.5. The lowest BCUT2D eigenvalue weighted by molar-refractivity contribution is -0.141. The third-order valence-electron chi connectivity index (χ3n) is 5.14.